The summed E-state index contributed by atoms with van der Waals surface area (Å²) in [5.41, 5.74) is 2.84. The Morgan fingerprint density at radius 1 is 0.935 bits per heavy atom. The van der Waals surface area contributed by atoms with Gasteiger partial charge >= 0.3 is 0 Å². The van der Waals surface area contributed by atoms with Gasteiger partial charge in [0.2, 0.25) is 0 Å². The molecule has 0 aliphatic heterocycles. The van der Waals surface area contributed by atoms with E-state index in [1.165, 1.54) is 31.4 Å². The molecule has 31 heavy (non-hydrogen) atoms. The number of ether oxygens (including phenoxy) is 2. The zero-order valence-corrected chi connectivity index (χ0v) is 18.3. The molecule has 162 valence electrons. The van der Waals surface area contributed by atoms with Crippen LogP contribution in [0.2, 0.25) is 0 Å². The number of amides is 1. The summed E-state index contributed by atoms with van der Waals surface area (Å²) in [6, 6.07) is 18.3. The highest BCUT2D eigenvalue weighted by atomic mass is 32.2. The van der Waals surface area contributed by atoms with E-state index in [9.17, 15) is 13.2 Å². The Balaban J connectivity index is 1.61. The molecule has 0 radical (unpaired) electrons. The van der Waals surface area contributed by atoms with Crippen molar-refractivity contribution < 1.29 is 22.7 Å². The molecule has 0 unspecified atom stereocenters. The van der Waals surface area contributed by atoms with E-state index in [0.29, 0.717) is 22.9 Å². The molecule has 0 saturated heterocycles. The first-order valence-corrected chi connectivity index (χ1v) is 11.0. The van der Waals surface area contributed by atoms with Crippen LogP contribution < -0.4 is 19.5 Å². The summed E-state index contributed by atoms with van der Waals surface area (Å²) in [5.74, 6) is 0.854. The fourth-order valence-corrected chi connectivity index (χ4v) is 3.87. The summed E-state index contributed by atoms with van der Waals surface area (Å²) in [6.07, 6.45) is 0. The molecule has 0 aliphatic carbocycles. The first-order valence-electron chi connectivity index (χ1n) is 9.54. The third-order valence-corrected chi connectivity index (χ3v) is 5.87. The second-order valence-corrected chi connectivity index (χ2v) is 8.65. The SMILES string of the molecule is COc1cccc(NS(=O)(=O)c2ccc(NC(=O)COc3cc(C)ccc3C)cc2)c1. The van der Waals surface area contributed by atoms with Crippen LogP contribution in [0.1, 0.15) is 11.1 Å². The quantitative estimate of drug-likeness (QED) is 0.549. The van der Waals surface area contributed by atoms with Gasteiger partial charge in [-0.1, -0.05) is 18.2 Å². The predicted octanol–water partition coefficient (Wildman–Crippen LogP) is 4.13. The molecule has 2 N–H and O–H groups in total. The van der Waals surface area contributed by atoms with Crippen LogP contribution in [0.3, 0.4) is 0 Å². The third kappa shape index (κ3) is 5.99. The summed E-state index contributed by atoms with van der Waals surface area (Å²) >= 11 is 0. The average Bonchev–Trinajstić information content (AvgIpc) is 2.74. The van der Waals surface area contributed by atoms with Crippen molar-refractivity contribution in [3.05, 3.63) is 77.9 Å². The van der Waals surface area contributed by atoms with E-state index in [0.717, 1.165) is 11.1 Å². The van der Waals surface area contributed by atoms with Gasteiger partial charge in [-0.15, -0.1) is 0 Å². The minimum Gasteiger partial charge on any atom is -0.497 e. The lowest BCUT2D eigenvalue weighted by molar-refractivity contribution is -0.118. The van der Waals surface area contributed by atoms with Crippen LogP contribution in [-0.2, 0) is 14.8 Å². The lowest BCUT2D eigenvalue weighted by Crippen LogP contribution is -2.20. The molecule has 0 heterocycles. The summed E-state index contributed by atoms with van der Waals surface area (Å²) in [4.78, 5) is 12.3. The largest absolute Gasteiger partial charge is 0.497 e. The van der Waals surface area contributed by atoms with Gasteiger partial charge < -0.3 is 14.8 Å². The van der Waals surface area contributed by atoms with E-state index < -0.39 is 10.0 Å². The first-order chi connectivity index (χ1) is 14.8. The molecule has 1 amide bonds. The molecule has 3 rings (SSSR count). The van der Waals surface area contributed by atoms with Gasteiger partial charge in [-0.2, -0.15) is 0 Å². The Hall–Kier alpha value is -3.52. The number of sulfonamides is 1. The zero-order chi connectivity index (χ0) is 22.4. The Morgan fingerprint density at radius 2 is 1.68 bits per heavy atom. The van der Waals surface area contributed by atoms with Crippen molar-refractivity contribution in [2.45, 2.75) is 18.7 Å². The van der Waals surface area contributed by atoms with Gasteiger partial charge in [0.1, 0.15) is 11.5 Å². The van der Waals surface area contributed by atoms with Crippen LogP contribution >= 0.6 is 0 Å². The topological polar surface area (TPSA) is 93.7 Å². The van der Waals surface area contributed by atoms with Crippen LogP contribution in [0.25, 0.3) is 0 Å². The average molecular weight is 441 g/mol. The molecule has 0 atom stereocenters. The maximum absolute atomic E-state index is 12.6. The summed E-state index contributed by atoms with van der Waals surface area (Å²) in [6.45, 7) is 3.71. The van der Waals surface area contributed by atoms with Crippen molar-refractivity contribution in [3.63, 3.8) is 0 Å². The van der Waals surface area contributed by atoms with Crippen LogP contribution in [0.4, 0.5) is 11.4 Å². The number of carbonyl (C=O) groups excluding carboxylic acids is 1. The normalized spacial score (nSPS) is 10.9. The van der Waals surface area contributed by atoms with Crippen LogP contribution in [0, 0.1) is 13.8 Å². The highest BCUT2D eigenvalue weighted by molar-refractivity contribution is 7.92. The highest BCUT2D eigenvalue weighted by Gasteiger charge is 2.15. The van der Waals surface area contributed by atoms with E-state index in [4.69, 9.17) is 9.47 Å². The smallest absolute Gasteiger partial charge is 0.262 e. The van der Waals surface area contributed by atoms with E-state index in [1.54, 1.807) is 24.3 Å². The molecule has 0 aliphatic rings. The molecule has 0 bridgehead atoms. The van der Waals surface area contributed by atoms with E-state index >= 15 is 0 Å². The first kappa shape index (κ1) is 22.2. The number of nitrogens with one attached hydrogen (secondary N) is 2. The van der Waals surface area contributed by atoms with Crippen LogP contribution in [-0.4, -0.2) is 28.0 Å². The van der Waals surface area contributed by atoms with Crippen LogP contribution in [0.5, 0.6) is 11.5 Å². The molecule has 7 nitrogen and oxygen atoms in total. The van der Waals surface area contributed by atoms with Gasteiger partial charge in [0.25, 0.3) is 15.9 Å². The van der Waals surface area contributed by atoms with Crippen molar-refractivity contribution in [3.8, 4) is 11.5 Å². The molecule has 8 heteroatoms. The van der Waals surface area contributed by atoms with Crippen LogP contribution in [0.15, 0.2) is 71.6 Å². The molecular formula is C23H24N2O5S. The summed E-state index contributed by atoms with van der Waals surface area (Å²) < 4.78 is 38.4. The predicted molar refractivity (Wildman–Crippen MR) is 120 cm³/mol. The maximum atomic E-state index is 12.6. The van der Waals surface area contributed by atoms with E-state index in [2.05, 4.69) is 10.0 Å². The van der Waals surface area contributed by atoms with Crippen molar-refractivity contribution in [2.75, 3.05) is 23.8 Å². The third-order valence-electron chi connectivity index (χ3n) is 4.47. The Bertz CT molecular complexity index is 1170. The number of anilines is 2. The van der Waals surface area contributed by atoms with E-state index in [1.807, 2.05) is 32.0 Å². The second kappa shape index (κ2) is 9.53. The van der Waals surface area contributed by atoms with Gasteiger partial charge in [0.15, 0.2) is 6.61 Å². The minimum absolute atomic E-state index is 0.0694. The second-order valence-electron chi connectivity index (χ2n) is 6.97. The number of benzene rings is 3. The Labute approximate surface area is 182 Å². The van der Waals surface area contributed by atoms with Crippen molar-refractivity contribution >= 4 is 27.3 Å². The van der Waals surface area contributed by atoms with Gasteiger partial charge in [0, 0.05) is 11.8 Å². The molecular weight excluding hydrogens is 416 g/mol. The molecule has 0 saturated carbocycles. The van der Waals surface area contributed by atoms with Crippen molar-refractivity contribution in [1.82, 2.24) is 0 Å². The standard InChI is InChI=1S/C23H24N2O5S/c1-16-7-8-17(2)22(13-16)30-15-23(26)24-18-9-11-21(12-10-18)31(27,28)25-19-5-4-6-20(14-19)29-3/h4-14,25H,15H2,1-3H3,(H,24,26). The lowest BCUT2D eigenvalue weighted by atomic mass is 10.1. The summed E-state index contributed by atoms with van der Waals surface area (Å²) in [5, 5.41) is 2.69. The molecule has 0 fully saturated rings. The molecule has 3 aromatic carbocycles. The fraction of sp³-hybridized carbons (Fsp3) is 0.174. The number of rotatable bonds is 8. The van der Waals surface area contributed by atoms with Crippen molar-refractivity contribution in [1.29, 1.82) is 0 Å². The van der Waals surface area contributed by atoms with Gasteiger partial charge in [-0.05, 0) is 67.4 Å². The Kier molecular flexibility index (Phi) is 6.81. The fourth-order valence-electron chi connectivity index (χ4n) is 2.82. The van der Waals surface area contributed by atoms with Gasteiger partial charge in [-0.3, -0.25) is 9.52 Å². The maximum Gasteiger partial charge on any atom is 0.262 e. The lowest BCUT2D eigenvalue weighted by Gasteiger charge is -2.11. The van der Waals surface area contributed by atoms with Gasteiger partial charge in [-0.25, -0.2) is 8.42 Å². The molecule has 0 aromatic heterocycles. The monoisotopic (exact) mass is 440 g/mol. The summed E-state index contributed by atoms with van der Waals surface area (Å²) in [7, 11) is -2.27. The molecule has 3 aromatic rings. The Morgan fingerprint density at radius 3 is 2.39 bits per heavy atom. The highest BCUT2D eigenvalue weighted by Crippen LogP contribution is 2.22. The number of aryl methyl sites for hydroxylation is 2. The number of methoxy groups -OCH3 is 1. The number of hydrogen-bond donors (Lipinski definition) is 2. The van der Waals surface area contributed by atoms with Gasteiger partial charge in [0.05, 0.1) is 17.7 Å². The molecule has 0 spiro atoms. The van der Waals surface area contributed by atoms with Crippen molar-refractivity contribution in [2.24, 2.45) is 0 Å². The minimum atomic E-state index is -3.78. The zero-order valence-electron chi connectivity index (χ0n) is 17.5. The number of hydrogen-bond acceptors (Lipinski definition) is 5. The number of carbonyl (C=O) groups is 1. The van der Waals surface area contributed by atoms with E-state index in [-0.39, 0.29) is 17.4 Å².